The minimum atomic E-state index is -3.54. The van der Waals surface area contributed by atoms with Crippen molar-refractivity contribution < 1.29 is 13.2 Å². The van der Waals surface area contributed by atoms with Crippen molar-refractivity contribution in [3.8, 4) is 0 Å². The standard InChI is InChI=1S/C14H18N2O3S/c1-3-4-8-15-20(18,19)13-6-5-12-7-9-16(11(2)17)14(12)10-13/h3,5-6,10,15H,1,4,7-9H2,2H3. The summed E-state index contributed by atoms with van der Waals surface area (Å²) in [5.41, 5.74) is 1.70. The molecule has 0 aromatic heterocycles. The lowest BCUT2D eigenvalue weighted by Crippen LogP contribution is -2.27. The fourth-order valence-corrected chi connectivity index (χ4v) is 3.30. The van der Waals surface area contributed by atoms with Gasteiger partial charge in [-0.25, -0.2) is 13.1 Å². The maximum atomic E-state index is 12.1. The van der Waals surface area contributed by atoms with Gasteiger partial charge in [-0.15, -0.1) is 6.58 Å². The Bertz CT molecular complexity index is 638. The van der Waals surface area contributed by atoms with Gasteiger partial charge < -0.3 is 4.90 Å². The van der Waals surface area contributed by atoms with Crippen molar-refractivity contribution in [2.45, 2.75) is 24.7 Å². The summed E-state index contributed by atoms with van der Waals surface area (Å²) in [5, 5.41) is 0. The molecule has 0 unspecified atom stereocenters. The lowest BCUT2D eigenvalue weighted by Gasteiger charge is -2.15. The number of nitrogens with zero attached hydrogens (tertiary/aromatic N) is 1. The Morgan fingerprint density at radius 2 is 2.25 bits per heavy atom. The highest BCUT2D eigenvalue weighted by molar-refractivity contribution is 7.89. The number of nitrogens with one attached hydrogen (secondary N) is 1. The summed E-state index contributed by atoms with van der Waals surface area (Å²) in [4.78, 5) is 13.3. The molecule has 1 aliphatic rings. The first-order valence-corrected chi connectivity index (χ1v) is 7.95. The molecule has 2 rings (SSSR count). The van der Waals surface area contributed by atoms with Gasteiger partial charge in [0.05, 0.1) is 4.90 Å². The highest BCUT2D eigenvalue weighted by Gasteiger charge is 2.24. The van der Waals surface area contributed by atoms with Crippen LogP contribution in [0, 0.1) is 0 Å². The van der Waals surface area contributed by atoms with Crippen LogP contribution < -0.4 is 9.62 Å². The smallest absolute Gasteiger partial charge is 0.240 e. The van der Waals surface area contributed by atoms with E-state index < -0.39 is 10.0 Å². The summed E-state index contributed by atoms with van der Waals surface area (Å²) >= 11 is 0. The molecule has 0 aliphatic carbocycles. The van der Waals surface area contributed by atoms with E-state index in [1.807, 2.05) is 0 Å². The zero-order valence-electron chi connectivity index (χ0n) is 11.4. The summed E-state index contributed by atoms with van der Waals surface area (Å²) in [5.74, 6) is -0.0714. The number of carbonyl (C=O) groups is 1. The molecule has 6 heteroatoms. The summed E-state index contributed by atoms with van der Waals surface area (Å²) < 4.78 is 26.8. The molecule has 20 heavy (non-hydrogen) atoms. The van der Waals surface area contributed by atoms with Crippen LogP contribution >= 0.6 is 0 Å². The van der Waals surface area contributed by atoms with Crippen LogP contribution in [0.5, 0.6) is 0 Å². The first-order chi connectivity index (χ1) is 9.45. The number of rotatable bonds is 5. The van der Waals surface area contributed by atoms with Gasteiger partial charge in [-0.3, -0.25) is 4.79 Å². The Morgan fingerprint density at radius 1 is 1.50 bits per heavy atom. The first kappa shape index (κ1) is 14.7. The van der Waals surface area contributed by atoms with Gasteiger partial charge in [0.25, 0.3) is 0 Å². The van der Waals surface area contributed by atoms with E-state index in [4.69, 9.17) is 0 Å². The molecular formula is C14H18N2O3S. The second-order valence-electron chi connectivity index (χ2n) is 4.69. The van der Waals surface area contributed by atoms with Crippen molar-refractivity contribution in [3.05, 3.63) is 36.4 Å². The molecule has 0 spiro atoms. The van der Waals surface area contributed by atoms with E-state index in [1.165, 1.54) is 6.92 Å². The number of anilines is 1. The van der Waals surface area contributed by atoms with E-state index in [-0.39, 0.29) is 10.8 Å². The van der Waals surface area contributed by atoms with Crippen LogP contribution in [-0.2, 0) is 21.2 Å². The Morgan fingerprint density at radius 3 is 2.90 bits per heavy atom. The summed E-state index contributed by atoms with van der Waals surface area (Å²) in [7, 11) is -3.54. The van der Waals surface area contributed by atoms with Gasteiger partial charge >= 0.3 is 0 Å². The number of fused-ring (bicyclic) bond motifs is 1. The Balaban J connectivity index is 2.29. The van der Waals surface area contributed by atoms with Crippen molar-refractivity contribution in [1.82, 2.24) is 4.72 Å². The molecule has 1 aromatic rings. The van der Waals surface area contributed by atoms with Gasteiger partial charge in [-0.1, -0.05) is 12.1 Å². The average Bonchev–Trinajstić information content (AvgIpc) is 2.81. The minimum Gasteiger partial charge on any atom is -0.312 e. The maximum Gasteiger partial charge on any atom is 0.240 e. The second kappa shape index (κ2) is 5.76. The third-order valence-electron chi connectivity index (χ3n) is 3.28. The number of amides is 1. The van der Waals surface area contributed by atoms with E-state index in [0.717, 1.165) is 12.0 Å². The minimum absolute atomic E-state index is 0.0714. The van der Waals surface area contributed by atoms with E-state index in [2.05, 4.69) is 11.3 Å². The lowest BCUT2D eigenvalue weighted by molar-refractivity contribution is -0.116. The molecule has 0 atom stereocenters. The van der Waals surface area contributed by atoms with Crippen molar-refractivity contribution in [3.63, 3.8) is 0 Å². The third-order valence-corrected chi connectivity index (χ3v) is 4.74. The van der Waals surface area contributed by atoms with E-state index in [0.29, 0.717) is 25.2 Å². The zero-order chi connectivity index (χ0) is 14.8. The molecule has 1 amide bonds. The molecule has 0 saturated carbocycles. The zero-order valence-corrected chi connectivity index (χ0v) is 12.2. The Labute approximate surface area is 119 Å². The van der Waals surface area contributed by atoms with E-state index in [1.54, 1.807) is 29.2 Å². The fourth-order valence-electron chi connectivity index (χ4n) is 2.23. The van der Waals surface area contributed by atoms with E-state index in [9.17, 15) is 13.2 Å². The van der Waals surface area contributed by atoms with Crippen LogP contribution in [0.4, 0.5) is 5.69 Å². The topological polar surface area (TPSA) is 66.5 Å². The van der Waals surface area contributed by atoms with Crippen molar-refractivity contribution in [1.29, 1.82) is 0 Å². The molecule has 1 aromatic carbocycles. The number of hydrogen-bond donors (Lipinski definition) is 1. The average molecular weight is 294 g/mol. The van der Waals surface area contributed by atoms with Crippen LogP contribution in [0.1, 0.15) is 18.9 Å². The van der Waals surface area contributed by atoms with E-state index >= 15 is 0 Å². The monoisotopic (exact) mass is 294 g/mol. The predicted octanol–water partition coefficient (Wildman–Crippen LogP) is 1.45. The van der Waals surface area contributed by atoms with Gasteiger partial charge in [0.15, 0.2) is 0 Å². The second-order valence-corrected chi connectivity index (χ2v) is 6.45. The van der Waals surface area contributed by atoms with Gasteiger partial charge in [-0.2, -0.15) is 0 Å². The molecule has 0 bridgehead atoms. The third kappa shape index (κ3) is 2.91. The molecule has 1 aliphatic heterocycles. The first-order valence-electron chi connectivity index (χ1n) is 6.47. The number of hydrogen-bond acceptors (Lipinski definition) is 3. The normalized spacial score (nSPS) is 14.2. The maximum absolute atomic E-state index is 12.1. The quantitative estimate of drug-likeness (QED) is 0.660. The summed E-state index contributed by atoms with van der Waals surface area (Å²) in [6, 6.07) is 4.93. The van der Waals surface area contributed by atoms with Gasteiger partial charge in [0.2, 0.25) is 15.9 Å². The molecular weight excluding hydrogens is 276 g/mol. The summed E-state index contributed by atoms with van der Waals surface area (Å²) in [6.45, 7) is 5.96. The molecule has 108 valence electrons. The highest BCUT2D eigenvalue weighted by Crippen LogP contribution is 2.30. The lowest BCUT2D eigenvalue weighted by atomic mass is 10.2. The molecule has 5 nitrogen and oxygen atoms in total. The Hall–Kier alpha value is -1.66. The fraction of sp³-hybridized carbons (Fsp3) is 0.357. The highest BCUT2D eigenvalue weighted by atomic mass is 32.2. The van der Waals surface area contributed by atoms with Gasteiger partial charge in [-0.05, 0) is 30.5 Å². The van der Waals surface area contributed by atoms with Crippen LogP contribution in [0.25, 0.3) is 0 Å². The van der Waals surface area contributed by atoms with Crippen LogP contribution in [-0.4, -0.2) is 27.4 Å². The number of carbonyl (C=O) groups excluding carboxylic acids is 1. The van der Waals surface area contributed by atoms with Gasteiger partial charge in [0, 0.05) is 25.7 Å². The molecule has 0 fully saturated rings. The molecule has 1 heterocycles. The van der Waals surface area contributed by atoms with Crippen molar-refractivity contribution in [2.24, 2.45) is 0 Å². The predicted molar refractivity (Wildman–Crippen MR) is 78.2 cm³/mol. The molecule has 0 saturated heterocycles. The van der Waals surface area contributed by atoms with Crippen LogP contribution in [0.3, 0.4) is 0 Å². The summed E-state index contributed by atoms with van der Waals surface area (Å²) in [6.07, 6.45) is 2.99. The number of sulfonamides is 1. The van der Waals surface area contributed by atoms with Gasteiger partial charge in [0.1, 0.15) is 0 Å². The van der Waals surface area contributed by atoms with Crippen molar-refractivity contribution >= 4 is 21.6 Å². The SMILES string of the molecule is C=CCCNS(=O)(=O)c1ccc2c(c1)N(C(C)=O)CC2. The number of benzene rings is 1. The molecule has 1 N–H and O–H groups in total. The largest absolute Gasteiger partial charge is 0.312 e. The Kier molecular flexibility index (Phi) is 4.25. The van der Waals surface area contributed by atoms with Crippen LogP contribution in [0.15, 0.2) is 35.7 Å². The molecule has 0 radical (unpaired) electrons. The van der Waals surface area contributed by atoms with Crippen molar-refractivity contribution in [2.75, 3.05) is 18.0 Å². The van der Waals surface area contributed by atoms with Crippen LogP contribution in [0.2, 0.25) is 0 Å².